The molecule has 0 saturated carbocycles. The zero-order valence-corrected chi connectivity index (χ0v) is 8.95. The third kappa shape index (κ3) is 1.99. The fourth-order valence-corrected chi connectivity index (χ4v) is 1.62. The normalized spacial score (nSPS) is 21.5. The summed E-state index contributed by atoms with van der Waals surface area (Å²) in [6.07, 6.45) is 1.02. The highest BCUT2D eigenvalue weighted by molar-refractivity contribution is 7.82. The second-order valence-electron chi connectivity index (χ2n) is 3.01. The number of hydrogen-bond acceptors (Lipinski definition) is 4. The fraction of sp³-hybridized carbons (Fsp3) is 0.667. The maximum atomic E-state index is 11.3. The van der Waals surface area contributed by atoms with E-state index in [2.05, 4.69) is 30.2 Å². The van der Waals surface area contributed by atoms with E-state index in [0.29, 0.717) is 0 Å². The first-order chi connectivity index (χ1) is 6.22. The quantitative estimate of drug-likeness (QED) is 0.572. The van der Waals surface area contributed by atoms with Crippen LogP contribution in [0.5, 0.6) is 0 Å². The minimum absolute atomic E-state index is 0.104. The third-order valence-corrected chi connectivity index (χ3v) is 2.45. The smallest absolute Gasteiger partial charge is 0.199 e. The van der Waals surface area contributed by atoms with Crippen LogP contribution in [0.3, 0.4) is 0 Å². The molecule has 0 bridgehead atoms. The summed E-state index contributed by atoms with van der Waals surface area (Å²) < 4.78 is 0. The molecule has 0 radical (unpaired) electrons. The van der Waals surface area contributed by atoms with E-state index in [1.54, 1.807) is 0 Å². The van der Waals surface area contributed by atoms with Crippen LogP contribution in [-0.2, 0) is 4.79 Å². The second-order valence-corrected chi connectivity index (χ2v) is 3.53. The Labute approximate surface area is 84.4 Å². The molecule has 0 saturated heterocycles. The molecule has 0 aromatic heterocycles. The number of Topliss-reactive ketones (excluding diaryl/α,β-unsaturated/α-hetero) is 1. The highest BCUT2D eigenvalue weighted by Crippen LogP contribution is 2.24. The first kappa shape index (κ1) is 10.4. The molecule has 74 valence electrons. The third-order valence-electron chi connectivity index (χ3n) is 1.96. The van der Waals surface area contributed by atoms with Gasteiger partial charge < -0.3 is 10.6 Å². The van der Waals surface area contributed by atoms with Gasteiger partial charge in [-0.05, 0) is 13.3 Å². The van der Waals surface area contributed by atoms with Crippen molar-refractivity contribution in [3.05, 3.63) is 11.4 Å². The second kappa shape index (κ2) is 4.56. The summed E-state index contributed by atoms with van der Waals surface area (Å²) in [5.74, 6) is 0.104. The summed E-state index contributed by atoms with van der Waals surface area (Å²) in [4.78, 5) is 11.3. The number of allylic oxidation sites excluding steroid dienone is 1. The van der Waals surface area contributed by atoms with E-state index in [-0.39, 0.29) is 11.0 Å². The lowest BCUT2D eigenvalue weighted by Gasteiger charge is -2.29. The SMILES string of the molecule is CCCNC1=C(NCC)C(S)C1=O. The summed E-state index contributed by atoms with van der Waals surface area (Å²) in [6, 6.07) is 0. The van der Waals surface area contributed by atoms with E-state index < -0.39 is 0 Å². The Balaban J connectivity index is 2.60. The summed E-state index contributed by atoms with van der Waals surface area (Å²) in [7, 11) is 0. The van der Waals surface area contributed by atoms with Crippen molar-refractivity contribution in [2.75, 3.05) is 13.1 Å². The Morgan fingerprint density at radius 2 is 2.08 bits per heavy atom. The molecule has 13 heavy (non-hydrogen) atoms. The molecule has 1 rings (SSSR count). The lowest BCUT2D eigenvalue weighted by molar-refractivity contribution is -0.116. The molecule has 1 unspecified atom stereocenters. The molecular formula is C9H16N2OS. The number of nitrogens with one attached hydrogen (secondary N) is 2. The molecule has 0 spiro atoms. The monoisotopic (exact) mass is 200 g/mol. The lowest BCUT2D eigenvalue weighted by Crippen LogP contribution is -2.45. The molecule has 0 amide bonds. The van der Waals surface area contributed by atoms with Crippen molar-refractivity contribution in [3.8, 4) is 0 Å². The van der Waals surface area contributed by atoms with Gasteiger partial charge in [0.15, 0.2) is 5.78 Å². The van der Waals surface area contributed by atoms with Crippen molar-refractivity contribution < 1.29 is 4.79 Å². The van der Waals surface area contributed by atoms with Gasteiger partial charge in [0.2, 0.25) is 0 Å². The Morgan fingerprint density at radius 3 is 2.62 bits per heavy atom. The van der Waals surface area contributed by atoms with Crippen LogP contribution in [0.2, 0.25) is 0 Å². The van der Waals surface area contributed by atoms with Gasteiger partial charge in [-0.25, -0.2) is 0 Å². The van der Waals surface area contributed by atoms with Crippen molar-refractivity contribution in [2.24, 2.45) is 0 Å². The summed E-state index contributed by atoms with van der Waals surface area (Å²) in [6.45, 7) is 5.75. The number of rotatable bonds is 5. The number of thiol groups is 1. The first-order valence-electron chi connectivity index (χ1n) is 4.66. The molecule has 3 nitrogen and oxygen atoms in total. The number of hydrogen-bond donors (Lipinski definition) is 3. The predicted molar refractivity (Wildman–Crippen MR) is 56.8 cm³/mol. The molecule has 0 aromatic rings. The van der Waals surface area contributed by atoms with Crippen LogP contribution in [0, 0.1) is 0 Å². The maximum Gasteiger partial charge on any atom is 0.199 e. The van der Waals surface area contributed by atoms with Gasteiger partial charge >= 0.3 is 0 Å². The average molecular weight is 200 g/mol. The largest absolute Gasteiger partial charge is 0.386 e. The van der Waals surface area contributed by atoms with Gasteiger partial charge in [0.05, 0.1) is 5.70 Å². The van der Waals surface area contributed by atoms with Gasteiger partial charge in [0, 0.05) is 13.1 Å². The molecule has 1 atom stereocenters. The van der Waals surface area contributed by atoms with E-state index in [1.165, 1.54) is 0 Å². The highest BCUT2D eigenvalue weighted by Gasteiger charge is 2.36. The van der Waals surface area contributed by atoms with E-state index >= 15 is 0 Å². The van der Waals surface area contributed by atoms with Crippen molar-refractivity contribution in [1.29, 1.82) is 0 Å². The molecule has 0 aromatic carbocycles. The van der Waals surface area contributed by atoms with Gasteiger partial charge in [0.25, 0.3) is 0 Å². The average Bonchev–Trinajstić information content (AvgIpc) is 2.16. The molecular weight excluding hydrogens is 184 g/mol. The van der Waals surface area contributed by atoms with Crippen LogP contribution in [-0.4, -0.2) is 24.1 Å². The van der Waals surface area contributed by atoms with Gasteiger partial charge in [-0.15, -0.1) is 0 Å². The van der Waals surface area contributed by atoms with Crippen LogP contribution in [0.15, 0.2) is 11.4 Å². The summed E-state index contributed by atoms with van der Waals surface area (Å²) in [5.41, 5.74) is 1.67. The lowest BCUT2D eigenvalue weighted by atomic mass is 9.98. The van der Waals surface area contributed by atoms with Crippen LogP contribution in [0.4, 0.5) is 0 Å². The molecule has 1 aliphatic carbocycles. The van der Waals surface area contributed by atoms with Gasteiger partial charge in [-0.2, -0.15) is 12.6 Å². The summed E-state index contributed by atoms with van der Waals surface area (Å²) in [5, 5.41) is 6.01. The number of carbonyl (C=O) groups excluding carboxylic acids is 1. The standard InChI is InChI=1S/C9H16N2OS/c1-3-5-11-6-7(10-4-2)9(13)8(6)12/h9-11,13H,3-5H2,1-2H3. The van der Waals surface area contributed by atoms with Crippen LogP contribution >= 0.6 is 12.6 Å². The summed E-state index contributed by atoms with van der Waals surface area (Å²) >= 11 is 4.18. The minimum atomic E-state index is -0.237. The predicted octanol–water partition coefficient (Wildman–Crippen LogP) is 0.688. The molecule has 2 N–H and O–H groups in total. The Kier molecular flexibility index (Phi) is 3.66. The molecule has 0 aliphatic heterocycles. The Morgan fingerprint density at radius 1 is 1.38 bits per heavy atom. The van der Waals surface area contributed by atoms with Crippen LogP contribution in [0.25, 0.3) is 0 Å². The molecule has 0 fully saturated rings. The van der Waals surface area contributed by atoms with Crippen molar-refractivity contribution in [2.45, 2.75) is 25.5 Å². The van der Waals surface area contributed by atoms with Crippen molar-refractivity contribution in [1.82, 2.24) is 10.6 Å². The number of ketones is 1. The van der Waals surface area contributed by atoms with Gasteiger partial charge in [-0.3, -0.25) is 4.79 Å². The van der Waals surface area contributed by atoms with Crippen molar-refractivity contribution >= 4 is 18.4 Å². The zero-order valence-electron chi connectivity index (χ0n) is 8.05. The van der Waals surface area contributed by atoms with Gasteiger partial charge in [0.1, 0.15) is 10.9 Å². The van der Waals surface area contributed by atoms with E-state index in [1.807, 2.05) is 6.92 Å². The van der Waals surface area contributed by atoms with E-state index in [0.717, 1.165) is 30.9 Å². The topological polar surface area (TPSA) is 41.1 Å². The van der Waals surface area contributed by atoms with Crippen molar-refractivity contribution in [3.63, 3.8) is 0 Å². The molecule has 0 heterocycles. The maximum absolute atomic E-state index is 11.3. The zero-order chi connectivity index (χ0) is 9.84. The molecule has 4 heteroatoms. The number of carbonyl (C=O) groups is 1. The van der Waals surface area contributed by atoms with E-state index in [9.17, 15) is 4.79 Å². The molecule has 1 aliphatic rings. The first-order valence-corrected chi connectivity index (χ1v) is 5.18. The van der Waals surface area contributed by atoms with E-state index in [4.69, 9.17) is 0 Å². The van der Waals surface area contributed by atoms with Crippen LogP contribution in [0.1, 0.15) is 20.3 Å². The fourth-order valence-electron chi connectivity index (χ4n) is 1.27. The Bertz CT molecular complexity index is 238. The minimum Gasteiger partial charge on any atom is -0.386 e. The van der Waals surface area contributed by atoms with Crippen LogP contribution < -0.4 is 10.6 Å². The van der Waals surface area contributed by atoms with Gasteiger partial charge in [-0.1, -0.05) is 6.92 Å². The Hall–Kier alpha value is -0.640. The highest BCUT2D eigenvalue weighted by atomic mass is 32.1.